The fourth-order valence-corrected chi connectivity index (χ4v) is 4.59. The number of nitrogens with two attached hydrogens (primary N) is 1. The zero-order chi connectivity index (χ0) is 18.0. The molecule has 1 heterocycles. The summed E-state index contributed by atoms with van der Waals surface area (Å²) in [4.78, 5) is 26.5. The second kappa shape index (κ2) is 7.09. The van der Waals surface area contributed by atoms with Crippen LogP contribution < -0.4 is 5.14 Å². The van der Waals surface area contributed by atoms with Gasteiger partial charge in [-0.25, -0.2) is 13.6 Å². The van der Waals surface area contributed by atoms with E-state index in [1.54, 1.807) is 4.90 Å². The van der Waals surface area contributed by atoms with Gasteiger partial charge in [0.05, 0.1) is 12.2 Å². The number of rotatable bonds is 5. The van der Waals surface area contributed by atoms with Crippen molar-refractivity contribution in [3.8, 4) is 0 Å². The maximum Gasteiger partial charge on any atom is 0.227 e. The number of allylic oxidation sites excluding steroid dienone is 1. The monoisotopic (exact) mass is 362 g/mol. The van der Waals surface area contributed by atoms with Gasteiger partial charge in [-0.05, 0) is 29.9 Å². The third kappa shape index (κ3) is 4.35. The lowest BCUT2D eigenvalue weighted by atomic mass is 10.00. The molecular formula is C18H22N2O4S. The van der Waals surface area contributed by atoms with Crippen molar-refractivity contribution in [1.82, 2.24) is 4.90 Å². The van der Waals surface area contributed by atoms with Crippen LogP contribution in [0.4, 0.5) is 0 Å². The third-order valence-corrected chi connectivity index (χ3v) is 5.80. The molecule has 1 saturated heterocycles. The molecular weight excluding hydrogens is 340 g/mol. The van der Waals surface area contributed by atoms with E-state index >= 15 is 0 Å². The van der Waals surface area contributed by atoms with Gasteiger partial charge < -0.3 is 4.90 Å². The number of likely N-dealkylation sites (tertiary alicyclic amines) is 1. The molecule has 1 amide bonds. The summed E-state index contributed by atoms with van der Waals surface area (Å²) in [6.07, 6.45) is 1.83. The molecule has 7 heteroatoms. The number of benzene rings is 1. The second-order valence-corrected chi connectivity index (χ2v) is 8.41. The SMILES string of the molecule is NS(=O)(=O)C[C@H]1CCN(C(=O)CC2=C(c3ccccc3)CCC2=O)C1. The number of primary sulfonamides is 1. The molecule has 1 aromatic rings. The van der Waals surface area contributed by atoms with Crippen molar-refractivity contribution in [3.63, 3.8) is 0 Å². The molecule has 25 heavy (non-hydrogen) atoms. The van der Waals surface area contributed by atoms with Crippen molar-refractivity contribution in [1.29, 1.82) is 0 Å². The first-order valence-electron chi connectivity index (χ1n) is 8.42. The first kappa shape index (κ1) is 17.8. The van der Waals surface area contributed by atoms with Crippen molar-refractivity contribution in [2.24, 2.45) is 11.1 Å². The molecule has 6 nitrogen and oxygen atoms in total. The van der Waals surface area contributed by atoms with Crippen LogP contribution >= 0.6 is 0 Å². The van der Waals surface area contributed by atoms with E-state index in [1.165, 1.54) is 0 Å². The highest BCUT2D eigenvalue weighted by molar-refractivity contribution is 7.89. The van der Waals surface area contributed by atoms with Gasteiger partial charge in [-0.1, -0.05) is 30.3 Å². The molecule has 1 atom stereocenters. The molecule has 2 aliphatic rings. The smallest absolute Gasteiger partial charge is 0.227 e. The lowest BCUT2D eigenvalue weighted by Gasteiger charge is -2.17. The van der Waals surface area contributed by atoms with Crippen molar-refractivity contribution >= 4 is 27.3 Å². The summed E-state index contributed by atoms with van der Waals surface area (Å²) < 4.78 is 22.4. The zero-order valence-electron chi connectivity index (χ0n) is 14.0. The van der Waals surface area contributed by atoms with E-state index in [2.05, 4.69) is 0 Å². The first-order valence-corrected chi connectivity index (χ1v) is 10.1. The number of ketones is 1. The number of nitrogens with zero attached hydrogens (tertiary/aromatic N) is 1. The predicted molar refractivity (Wildman–Crippen MR) is 94.9 cm³/mol. The van der Waals surface area contributed by atoms with Gasteiger partial charge in [-0.3, -0.25) is 9.59 Å². The van der Waals surface area contributed by atoms with E-state index in [4.69, 9.17) is 5.14 Å². The van der Waals surface area contributed by atoms with Crippen LogP contribution in [0.5, 0.6) is 0 Å². The van der Waals surface area contributed by atoms with Crippen molar-refractivity contribution in [2.75, 3.05) is 18.8 Å². The molecule has 3 rings (SSSR count). The van der Waals surface area contributed by atoms with E-state index in [1.807, 2.05) is 30.3 Å². The van der Waals surface area contributed by atoms with Crippen molar-refractivity contribution < 1.29 is 18.0 Å². The van der Waals surface area contributed by atoms with E-state index < -0.39 is 10.0 Å². The molecule has 1 fully saturated rings. The number of carbonyl (C=O) groups is 2. The molecule has 0 spiro atoms. The fraction of sp³-hybridized carbons (Fsp3) is 0.444. The van der Waals surface area contributed by atoms with Gasteiger partial charge in [0.1, 0.15) is 0 Å². The number of hydrogen-bond acceptors (Lipinski definition) is 4. The molecule has 2 N–H and O–H groups in total. The Morgan fingerprint density at radius 3 is 2.60 bits per heavy atom. The fourth-order valence-electron chi connectivity index (χ4n) is 3.66. The topological polar surface area (TPSA) is 97.5 Å². The van der Waals surface area contributed by atoms with Crippen LogP contribution in [0.15, 0.2) is 35.9 Å². The van der Waals surface area contributed by atoms with Gasteiger partial charge >= 0.3 is 0 Å². The molecule has 0 bridgehead atoms. The van der Waals surface area contributed by atoms with Crippen LogP contribution in [0.1, 0.15) is 31.2 Å². The van der Waals surface area contributed by atoms with E-state index in [0.717, 1.165) is 11.1 Å². The number of carbonyl (C=O) groups excluding carboxylic acids is 2. The van der Waals surface area contributed by atoms with E-state index in [9.17, 15) is 18.0 Å². The number of hydrogen-bond donors (Lipinski definition) is 1. The average molecular weight is 362 g/mol. The minimum Gasteiger partial charge on any atom is -0.342 e. The highest BCUT2D eigenvalue weighted by Crippen LogP contribution is 2.34. The molecule has 1 aliphatic carbocycles. The zero-order valence-corrected chi connectivity index (χ0v) is 14.8. The molecule has 134 valence electrons. The first-order chi connectivity index (χ1) is 11.8. The third-order valence-electron chi connectivity index (χ3n) is 4.86. The molecule has 0 unspecified atom stereocenters. The van der Waals surface area contributed by atoms with E-state index in [0.29, 0.717) is 37.9 Å². The van der Waals surface area contributed by atoms with Crippen LogP contribution in [-0.4, -0.2) is 43.9 Å². The molecule has 0 aromatic heterocycles. The normalized spacial score (nSPS) is 21.2. The number of amides is 1. The number of Topliss-reactive ketones (excluding diaryl/α,β-unsaturated/α-hetero) is 1. The average Bonchev–Trinajstić information content (AvgIpc) is 3.14. The second-order valence-electron chi connectivity index (χ2n) is 6.75. The highest BCUT2D eigenvalue weighted by Gasteiger charge is 2.32. The maximum atomic E-state index is 12.6. The Kier molecular flexibility index (Phi) is 5.06. The van der Waals surface area contributed by atoms with Crippen LogP contribution in [0, 0.1) is 5.92 Å². The Bertz CT molecular complexity index is 815. The summed E-state index contributed by atoms with van der Waals surface area (Å²) in [6, 6.07) is 9.67. The lowest BCUT2D eigenvalue weighted by molar-refractivity contribution is -0.130. The summed E-state index contributed by atoms with van der Waals surface area (Å²) in [5, 5.41) is 5.09. The maximum absolute atomic E-state index is 12.6. The van der Waals surface area contributed by atoms with Crippen LogP contribution in [0.2, 0.25) is 0 Å². The minimum atomic E-state index is -3.53. The van der Waals surface area contributed by atoms with Crippen LogP contribution in [-0.2, 0) is 19.6 Å². The standard InChI is InChI=1S/C18H22N2O4S/c19-25(23,24)12-13-8-9-20(11-13)18(22)10-16-15(6-7-17(16)21)14-4-2-1-3-5-14/h1-5,13H,6-12H2,(H2,19,23,24)/t13-/m0/s1. The molecule has 0 saturated carbocycles. The summed E-state index contributed by atoms with van der Waals surface area (Å²) in [5.74, 6) is -0.308. The van der Waals surface area contributed by atoms with Gasteiger partial charge in [0.25, 0.3) is 0 Å². The van der Waals surface area contributed by atoms with Gasteiger partial charge in [-0.15, -0.1) is 0 Å². The summed E-state index contributed by atoms with van der Waals surface area (Å²) in [5.41, 5.74) is 2.55. The predicted octanol–water partition coefficient (Wildman–Crippen LogP) is 1.33. The van der Waals surface area contributed by atoms with Gasteiger partial charge in [-0.2, -0.15) is 0 Å². The quantitative estimate of drug-likeness (QED) is 0.854. The van der Waals surface area contributed by atoms with Gasteiger partial charge in [0, 0.05) is 25.1 Å². The largest absolute Gasteiger partial charge is 0.342 e. The Balaban J connectivity index is 1.71. The van der Waals surface area contributed by atoms with Crippen molar-refractivity contribution in [2.45, 2.75) is 25.7 Å². The lowest BCUT2D eigenvalue weighted by Crippen LogP contribution is -2.31. The molecule has 1 aromatic carbocycles. The highest BCUT2D eigenvalue weighted by atomic mass is 32.2. The Morgan fingerprint density at radius 2 is 1.92 bits per heavy atom. The van der Waals surface area contributed by atoms with E-state index in [-0.39, 0.29) is 29.8 Å². The Morgan fingerprint density at radius 1 is 1.20 bits per heavy atom. The van der Waals surface area contributed by atoms with Gasteiger partial charge in [0.15, 0.2) is 5.78 Å². The molecule has 0 radical (unpaired) electrons. The Hall–Kier alpha value is -1.99. The Labute approximate surface area is 147 Å². The minimum absolute atomic E-state index is 0.0347. The van der Waals surface area contributed by atoms with Crippen LogP contribution in [0.3, 0.4) is 0 Å². The summed E-state index contributed by atoms with van der Waals surface area (Å²) >= 11 is 0. The number of sulfonamides is 1. The van der Waals surface area contributed by atoms with Crippen LogP contribution in [0.25, 0.3) is 5.57 Å². The van der Waals surface area contributed by atoms with Gasteiger partial charge in [0.2, 0.25) is 15.9 Å². The summed E-state index contributed by atoms with van der Waals surface area (Å²) in [7, 11) is -3.53. The molecule has 1 aliphatic heterocycles. The van der Waals surface area contributed by atoms with Crippen molar-refractivity contribution in [3.05, 3.63) is 41.5 Å². The summed E-state index contributed by atoms with van der Waals surface area (Å²) in [6.45, 7) is 0.901.